The molecule has 1 saturated heterocycles. The summed E-state index contributed by atoms with van der Waals surface area (Å²) < 4.78 is 4.86. The van der Waals surface area contributed by atoms with Crippen LogP contribution in [0, 0.1) is 0 Å². The number of carbonyl (C=O) groups is 1. The third kappa shape index (κ3) is 4.48. The Labute approximate surface area is 134 Å². The largest absolute Gasteiger partial charge is 0.448 e. The molecule has 116 valence electrons. The van der Waals surface area contributed by atoms with E-state index in [4.69, 9.17) is 27.9 Å². The van der Waals surface area contributed by atoms with E-state index in [2.05, 4.69) is 0 Å². The highest BCUT2D eigenvalue weighted by Crippen LogP contribution is 2.26. The summed E-state index contributed by atoms with van der Waals surface area (Å²) in [6.07, 6.45) is -0.977. The Morgan fingerprint density at radius 3 is 2.86 bits per heavy atom. The molecule has 1 aliphatic heterocycles. The highest BCUT2D eigenvalue weighted by atomic mass is 35.5. The molecule has 1 heterocycles. The third-order valence-electron chi connectivity index (χ3n) is 3.40. The number of cyclic esters (lactones) is 1. The number of nitrogens with zero attached hydrogens (tertiary/aromatic N) is 2. The molecule has 21 heavy (non-hydrogen) atoms. The van der Waals surface area contributed by atoms with Crippen LogP contribution in [-0.2, 0) is 4.74 Å². The number of hydrogen-bond acceptors (Lipinski definition) is 4. The van der Waals surface area contributed by atoms with Crippen LogP contribution in [0.5, 0.6) is 0 Å². The molecule has 0 aliphatic carbocycles. The minimum absolute atomic E-state index is 0.273. The molecule has 2 rings (SSSR count). The van der Waals surface area contributed by atoms with Crippen molar-refractivity contribution in [1.29, 1.82) is 0 Å². The zero-order chi connectivity index (χ0) is 15.4. The average Bonchev–Trinajstić information content (AvgIpc) is 2.81. The molecule has 1 fully saturated rings. The van der Waals surface area contributed by atoms with Gasteiger partial charge < -0.3 is 19.6 Å². The van der Waals surface area contributed by atoms with E-state index in [-0.39, 0.29) is 6.09 Å². The number of rotatable bonds is 6. The zero-order valence-electron chi connectivity index (χ0n) is 11.8. The molecule has 0 saturated carbocycles. The molecule has 1 atom stereocenters. The van der Waals surface area contributed by atoms with Gasteiger partial charge in [0.2, 0.25) is 0 Å². The quantitative estimate of drug-likeness (QED) is 0.869. The number of benzene rings is 1. The maximum Gasteiger partial charge on any atom is 0.409 e. The molecule has 1 aliphatic rings. The summed E-state index contributed by atoms with van der Waals surface area (Å²) in [5.41, 5.74) is 0.647. The standard InChI is InChI=1S/C14H18Cl2N2O3/c1-17(4-5-18-6-7-21-14(18)20)9-13(19)11-3-2-10(15)8-12(11)16/h2-3,8,13,19H,4-7,9H2,1H3. The fourth-order valence-electron chi connectivity index (χ4n) is 2.18. The summed E-state index contributed by atoms with van der Waals surface area (Å²) in [5, 5.41) is 11.2. The molecule has 7 heteroatoms. The molecule has 1 unspecified atom stereocenters. The van der Waals surface area contributed by atoms with Gasteiger partial charge in [-0.2, -0.15) is 0 Å². The normalized spacial score (nSPS) is 16.4. The third-order valence-corrected chi connectivity index (χ3v) is 3.97. The van der Waals surface area contributed by atoms with Gasteiger partial charge in [0.15, 0.2) is 0 Å². The SMILES string of the molecule is CN(CCN1CCOC1=O)CC(O)c1ccc(Cl)cc1Cl. The highest BCUT2D eigenvalue weighted by molar-refractivity contribution is 6.35. The summed E-state index contributed by atoms with van der Waals surface area (Å²) in [6, 6.07) is 5.04. The van der Waals surface area contributed by atoms with E-state index in [9.17, 15) is 9.90 Å². The first-order valence-electron chi connectivity index (χ1n) is 6.70. The molecule has 1 aromatic rings. The summed E-state index contributed by atoms with van der Waals surface area (Å²) >= 11 is 11.9. The highest BCUT2D eigenvalue weighted by Gasteiger charge is 2.22. The van der Waals surface area contributed by atoms with E-state index in [1.807, 2.05) is 11.9 Å². The Hall–Kier alpha value is -1.01. The molecule has 0 spiro atoms. The van der Waals surface area contributed by atoms with Crippen molar-refractivity contribution < 1.29 is 14.6 Å². The Morgan fingerprint density at radius 2 is 2.24 bits per heavy atom. The number of carbonyl (C=O) groups excluding carboxylic acids is 1. The second-order valence-corrected chi connectivity index (χ2v) is 5.89. The summed E-state index contributed by atoms with van der Waals surface area (Å²) in [6.45, 7) is 2.72. The van der Waals surface area contributed by atoms with Crippen molar-refractivity contribution in [3.8, 4) is 0 Å². The number of hydrogen-bond donors (Lipinski definition) is 1. The average molecular weight is 333 g/mol. The van der Waals surface area contributed by atoms with Crippen molar-refractivity contribution in [3.63, 3.8) is 0 Å². The van der Waals surface area contributed by atoms with Crippen LogP contribution in [0.1, 0.15) is 11.7 Å². The van der Waals surface area contributed by atoms with Crippen molar-refractivity contribution >= 4 is 29.3 Å². The minimum Gasteiger partial charge on any atom is -0.448 e. The van der Waals surface area contributed by atoms with Gasteiger partial charge in [-0.05, 0) is 19.2 Å². The van der Waals surface area contributed by atoms with E-state index >= 15 is 0 Å². The Balaban J connectivity index is 1.84. The number of amides is 1. The molecular formula is C14H18Cl2N2O3. The van der Waals surface area contributed by atoms with Crippen LogP contribution in [0.4, 0.5) is 4.79 Å². The van der Waals surface area contributed by atoms with Crippen molar-refractivity contribution in [3.05, 3.63) is 33.8 Å². The van der Waals surface area contributed by atoms with E-state index in [0.717, 1.165) is 0 Å². The van der Waals surface area contributed by atoms with E-state index < -0.39 is 6.10 Å². The van der Waals surface area contributed by atoms with Crippen molar-refractivity contribution in [2.75, 3.05) is 39.8 Å². The smallest absolute Gasteiger partial charge is 0.409 e. The Kier molecular flexibility index (Phi) is 5.70. The number of ether oxygens (including phenoxy) is 1. The maximum atomic E-state index is 11.3. The maximum absolute atomic E-state index is 11.3. The van der Waals surface area contributed by atoms with E-state index in [1.165, 1.54) is 0 Å². The molecular weight excluding hydrogens is 315 g/mol. The van der Waals surface area contributed by atoms with Gasteiger partial charge in [-0.1, -0.05) is 29.3 Å². The van der Waals surface area contributed by atoms with Gasteiger partial charge in [0.25, 0.3) is 0 Å². The lowest BCUT2D eigenvalue weighted by Gasteiger charge is -2.23. The fraction of sp³-hybridized carbons (Fsp3) is 0.500. The molecule has 0 bridgehead atoms. The van der Waals surface area contributed by atoms with Crippen LogP contribution in [0.3, 0.4) is 0 Å². The second-order valence-electron chi connectivity index (χ2n) is 5.05. The number of likely N-dealkylation sites (N-methyl/N-ethyl adjacent to an activating group) is 1. The first kappa shape index (κ1) is 16.4. The van der Waals surface area contributed by atoms with E-state index in [1.54, 1.807) is 23.1 Å². The zero-order valence-corrected chi connectivity index (χ0v) is 13.3. The lowest BCUT2D eigenvalue weighted by atomic mass is 10.1. The molecule has 5 nitrogen and oxygen atoms in total. The monoisotopic (exact) mass is 332 g/mol. The van der Waals surface area contributed by atoms with E-state index in [0.29, 0.717) is 48.4 Å². The van der Waals surface area contributed by atoms with Gasteiger partial charge in [-0.15, -0.1) is 0 Å². The van der Waals surface area contributed by atoms with Crippen molar-refractivity contribution in [2.24, 2.45) is 0 Å². The van der Waals surface area contributed by atoms with Crippen LogP contribution >= 0.6 is 23.2 Å². The van der Waals surface area contributed by atoms with Crippen molar-refractivity contribution in [1.82, 2.24) is 9.80 Å². The number of aliphatic hydroxyl groups is 1. The first-order chi connectivity index (χ1) is 9.97. The predicted molar refractivity (Wildman–Crippen MR) is 81.8 cm³/mol. The number of aliphatic hydroxyl groups excluding tert-OH is 1. The molecule has 1 N–H and O–H groups in total. The van der Waals surface area contributed by atoms with Crippen molar-refractivity contribution in [2.45, 2.75) is 6.10 Å². The summed E-state index contributed by atoms with van der Waals surface area (Å²) in [4.78, 5) is 14.9. The topological polar surface area (TPSA) is 53.0 Å². The van der Waals surface area contributed by atoms with Gasteiger partial charge in [0.1, 0.15) is 6.61 Å². The van der Waals surface area contributed by atoms with Crippen LogP contribution in [0.2, 0.25) is 10.0 Å². The lowest BCUT2D eigenvalue weighted by molar-refractivity contribution is 0.120. The Bertz CT molecular complexity index is 513. The Morgan fingerprint density at radius 1 is 1.48 bits per heavy atom. The fourth-order valence-corrected chi connectivity index (χ4v) is 2.71. The molecule has 1 amide bonds. The molecule has 0 aromatic heterocycles. The van der Waals surface area contributed by atoms with Gasteiger partial charge in [0.05, 0.1) is 12.6 Å². The lowest BCUT2D eigenvalue weighted by Crippen LogP contribution is -2.35. The summed E-state index contributed by atoms with van der Waals surface area (Å²) in [5.74, 6) is 0. The van der Waals surface area contributed by atoms with Gasteiger partial charge >= 0.3 is 6.09 Å². The summed E-state index contributed by atoms with van der Waals surface area (Å²) in [7, 11) is 1.88. The van der Waals surface area contributed by atoms with Crippen LogP contribution < -0.4 is 0 Å². The van der Waals surface area contributed by atoms with Crippen LogP contribution in [0.15, 0.2) is 18.2 Å². The predicted octanol–water partition coefficient (Wildman–Crippen LogP) is 2.41. The number of halogens is 2. The van der Waals surface area contributed by atoms with Gasteiger partial charge in [0, 0.05) is 35.2 Å². The minimum atomic E-state index is -0.703. The molecule has 0 radical (unpaired) electrons. The van der Waals surface area contributed by atoms with Gasteiger partial charge in [-0.3, -0.25) is 0 Å². The van der Waals surface area contributed by atoms with Crippen LogP contribution in [-0.4, -0.2) is 60.8 Å². The first-order valence-corrected chi connectivity index (χ1v) is 7.46. The van der Waals surface area contributed by atoms with Gasteiger partial charge in [-0.25, -0.2) is 4.79 Å². The van der Waals surface area contributed by atoms with Crippen LogP contribution in [0.25, 0.3) is 0 Å². The molecule has 1 aromatic carbocycles. The second kappa shape index (κ2) is 7.31.